The van der Waals surface area contributed by atoms with Crippen molar-refractivity contribution in [1.82, 2.24) is 14.6 Å². The lowest BCUT2D eigenvalue weighted by Crippen LogP contribution is -2.10. The van der Waals surface area contributed by atoms with Gasteiger partial charge in [-0.25, -0.2) is 4.98 Å². The van der Waals surface area contributed by atoms with Crippen LogP contribution in [0.4, 0.5) is 5.82 Å². The minimum absolute atomic E-state index is 0.850. The molecular weight excluding hydrogens is 308 g/mol. The van der Waals surface area contributed by atoms with Crippen LogP contribution in [0.3, 0.4) is 0 Å². The molecule has 2 aromatic carbocycles. The summed E-state index contributed by atoms with van der Waals surface area (Å²) in [7, 11) is 0. The number of aromatic nitrogens is 3. The highest BCUT2D eigenvalue weighted by atomic mass is 15.3. The fourth-order valence-electron chi connectivity index (χ4n) is 3.01. The van der Waals surface area contributed by atoms with Gasteiger partial charge in [0.1, 0.15) is 5.82 Å². The molecule has 0 spiro atoms. The summed E-state index contributed by atoms with van der Waals surface area (Å²) in [5.74, 6) is 0.973. The number of nitrogens with zero attached hydrogens (tertiary/aromatic N) is 3. The van der Waals surface area contributed by atoms with Crippen molar-refractivity contribution in [3.05, 3.63) is 84.2 Å². The van der Waals surface area contributed by atoms with Gasteiger partial charge in [-0.3, -0.25) is 0 Å². The zero-order valence-corrected chi connectivity index (χ0v) is 14.2. The van der Waals surface area contributed by atoms with Gasteiger partial charge in [0.05, 0.1) is 6.20 Å². The average Bonchev–Trinajstić information content (AvgIpc) is 3.07. The normalized spacial score (nSPS) is 10.9. The van der Waals surface area contributed by atoms with Gasteiger partial charge in [-0.05, 0) is 24.5 Å². The van der Waals surface area contributed by atoms with Crippen LogP contribution in [0.15, 0.2) is 72.9 Å². The summed E-state index contributed by atoms with van der Waals surface area (Å²) < 4.78 is 1.89. The SMILES string of the molecule is Cc1cc(NCCc2ccccc2)n2ncc(-c3ccccc3)c2n1. The van der Waals surface area contributed by atoms with Crippen molar-refractivity contribution < 1.29 is 0 Å². The maximum atomic E-state index is 4.70. The number of fused-ring (bicyclic) bond motifs is 1. The van der Waals surface area contributed by atoms with E-state index in [-0.39, 0.29) is 0 Å². The highest BCUT2D eigenvalue weighted by molar-refractivity contribution is 5.78. The summed E-state index contributed by atoms with van der Waals surface area (Å²) in [6, 6.07) is 22.8. The van der Waals surface area contributed by atoms with Crippen LogP contribution in [0.2, 0.25) is 0 Å². The van der Waals surface area contributed by atoms with E-state index in [1.807, 2.05) is 48.0 Å². The number of hydrogen-bond acceptors (Lipinski definition) is 3. The number of aryl methyl sites for hydroxylation is 1. The second kappa shape index (κ2) is 6.77. The van der Waals surface area contributed by atoms with Gasteiger partial charge < -0.3 is 5.32 Å². The van der Waals surface area contributed by atoms with Crippen LogP contribution in [0.25, 0.3) is 16.8 Å². The van der Waals surface area contributed by atoms with Gasteiger partial charge >= 0.3 is 0 Å². The molecule has 4 rings (SSSR count). The molecule has 0 aliphatic rings. The molecule has 0 unspecified atom stereocenters. The molecule has 25 heavy (non-hydrogen) atoms. The molecule has 2 aromatic heterocycles. The smallest absolute Gasteiger partial charge is 0.165 e. The van der Waals surface area contributed by atoms with Crippen LogP contribution < -0.4 is 5.32 Å². The van der Waals surface area contributed by atoms with Crippen molar-refractivity contribution in [1.29, 1.82) is 0 Å². The number of nitrogens with one attached hydrogen (secondary N) is 1. The maximum Gasteiger partial charge on any atom is 0.165 e. The lowest BCUT2D eigenvalue weighted by molar-refractivity contribution is 0.906. The van der Waals surface area contributed by atoms with Gasteiger partial charge in [0.15, 0.2) is 5.65 Å². The predicted molar refractivity (Wildman–Crippen MR) is 102 cm³/mol. The first-order valence-corrected chi connectivity index (χ1v) is 8.50. The number of anilines is 1. The van der Waals surface area contributed by atoms with Crippen molar-refractivity contribution >= 4 is 11.5 Å². The fourth-order valence-corrected chi connectivity index (χ4v) is 3.01. The third-order valence-electron chi connectivity index (χ3n) is 4.25. The summed E-state index contributed by atoms with van der Waals surface area (Å²) >= 11 is 0. The van der Waals surface area contributed by atoms with Crippen molar-refractivity contribution in [2.24, 2.45) is 0 Å². The quantitative estimate of drug-likeness (QED) is 0.592. The number of hydrogen-bond donors (Lipinski definition) is 1. The van der Waals surface area contributed by atoms with Gasteiger partial charge in [0, 0.05) is 23.9 Å². The van der Waals surface area contributed by atoms with Crippen molar-refractivity contribution in [2.75, 3.05) is 11.9 Å². The van der Waals surface area contributed by atoms with Crippen LogP contribution in [0, 0.1) is 6.92 Å². The molecule has 4 heteroatoms. The third kappa shape index (κ3) is 3.24. The number of benzene rings is 2. The molecule has 2 heterocycles. The Morgan fingerprint density at radius 1 is 0.960 bits per heavy atom. The van der Waals surface area contributed by atoms with E-state index in [9.17, 15) is 0 Å². The highest BCUT2D eigenvalue weighted by Crippen LogP contribution is 2.25. The van der Waals surface area contributed by atoms with E-state index in [1.54, 1.807) is 0 Å². The van der Waals surface area contributed by atoms with Crippen LogP contribution in [-0.4, -0.2) is 21.1 Å². The zero-order valence-electron chi connectivity index (χ0n) is 14.2. The molecule has 1 N–H and O–H groups in total. The molecule has 0 aliphatic carbocycles. The Balaban J connectivity index is 1.62. The zero-order chi connectivity index (χ0) is 17.1. The molecule has 4 aromatic rings. The second-order valence-electron chi connectivity index (χ2n) is 6.10. The lowest BCUT2D eigenvalue weighted by Gasteiger charge is -2.10. The molecule has 4 nitrogen and oxygen atoms in total. The van der Waals surface area contributed by atoms with Crippen LogP contribution >= 0.6 is 0 Å². The fraction of sp³-hybridized carbons (Fsp3) is 0.143. The van der Waals surface area contributed by atoms with E-state index >= 15 is 0 Å². The summed E-state index contributed by atoms with van der Waals surface area (Å²) in [5.41, 5.74) is 5.37. The molecular formula is C21H20N4. The maximum absolute atomic E-state index is 4.70. The van der Waals surface area contributed by atoms with Crippen molar-refractivity contribution in [2.45, 2.75) is 13.3 Å². The second-order valence-corrected chi connectivity index (χ2v) is 6.10. The Bertz CT molecular complexity index is 975. The van der Waals surface area contributed by atoms with Gasteiger partial charge in [-0.2, -0.15) is 9.61 Å². The first kappa shape index (κ1) is 15.4. The van der Waals surface area contributed by atoms with E-state index < -0.39 is 0 Å². The molecule has 0 radical (unpaired) electrons. The van der Waals surface area contributed by atoms with E-state index in [0.717, 1.165) is 41.3 Å². The molecule has 0 aliphatic heterocycles. The standard InChI is InChI=1S/C21H20N4/c1-16-14-20(22-13-12-17-8-4-2-5-9-17)25-21(24-16)19(15-23-25)18-10-6-3-7-11-18/h2-11,14-15,22H,12-13H2,1H3. The first-order chi connectivity index (χ1) is 12.3. The summed E-state index contributed by atoms with van der Waals surface area (Å²) in [6.45, 7) is 2.87. The topological polar surface area (TPSA) is 42.2 Å². The van der Waals surface area contributed by atoms with Crippen molar-refractivity contribution in [3.63, 3.8) is 0 Å². The lowest BCUT2D eigenvalue weighted by atomic mass is 10.1. The van der Waals surface area contributed by atoms with Crippen LogP contribution in [0.5, 0.6) is 0 Å². The molecule has 0 bridgehead atoms. The summed E-state index contributed by atoms with van der Waals surface area (Å²) in [4.78, 5) is 4.70. The van der Waals surface area contributed by atoms with Gasteiger partial charge in [-0.1, -0.05) is 60.7 Å². The van der Waals surface area contributed by atoms with Crippen LogP contribution in [0.1, 0.15) is 11.3 Å². The molecule has 124 valence electrons. The molecule has 0 atom stereocenters. The molecule has 0 saturated carbocycles. The van der Waals surface area contributed by atoms with Gasteiger partial charge in [-0.15, -0.1) is 0 Å². The summed E-state index contributed by atoms with van der Waals surface area (Å²) in [5, 5.41) is 8.06. The number of rotatable bonds is 5. The Morgan fingerprint density at radius 3 is 2.44 bits per heavy atom. The predicted octanol–water partition coefficient (Wildman–Crippen LogP) is 4.36. The molecule has 0 fully saturated rings. The summed E-state index contributed by atoms with van der Waals surface area (Å²) in [6.07, 6.45) is 2.86. The Morgan fingerprint density at radius 2 is 1.68 bits per heavy atom. The molecule has 0 saturated heterocycles. The largest absolute Gasteiger partial charge is 0.370 e. The van der Waals surface area contributed by atoms with E-state index in [1.165, 1.54) is 5.56 Å². The average molecular weight is 328 g/mol. The van der Waals surface area contributed by atoms with Crippen LogP contribution in [-0.2, 0) is 6.42 Å². The Labute approximate surface area is 147 Å². The first-order valence-electron chi connectivity index (χ1n) is 8.50. The molecule has 0 amide bonds. The third-order valence-corrected chi connectivity index (χ3v) is 4.25. The van der Waals surface area contributed by atoms with Gasteiger partial charge in [0.2, 0.25) is 0 Å². The monoisotopic (exact) mass is 328 g/mol. The minimum Gasteiger partial charge on any atom is -0.370 e. The van der Waals surface area contributed by atoms with E-state index in [4.69, 9.17) is 4.98 Å². The highest BCUT2D eigenvalue weighted by Gasteiger charge is 2.11. The Kier molecular flexibility index (Phi) is 4.17. The van der Waals surface area contributed by atoms with Crippen molar-refractivity contribution in [3.8, 4) is 11.1 Å². The van der Waals surface area contributed by atoms with E-state index in [2.05, 4.69) is 46.8 Å². The minimum atomic E-state index is 0.850. The van der Waals surface area contributed by atoms with Gasteiger partial charge in [0.25, 0.3) is 0 Å². The van der Waals surface area contributed by atoms with E-state index in [0.29, 0.717) is 0 Å². The Hall–Kier alpha value is -3.14.